The summed E-state index contributed by atoms with van der Waals surface area (Å²) in [6.07, 6.45) is 0.982. The fourth-order valence-corrected chi connectivity index (χ4v) is 5.28. The van der Waals surface area contributed by atoms with Gasteiger partial charge >= 0.3 is 5.69 Å². The Hall–Kier alpha value is -3.77. The second-order valence-electron chi connectivity index (χ2n) is 10.3. The Kier molecular flexibility index (Phi) is 6.03. The average molecular weight is 510 g/mol. The molecular weight excluding hydrogens is 478 g/mol. The van der Waals surface area contributed by atoms with Gasteiger partial charge in [-0.3, -0.25) is 18.7 Å². The summed E-state index contributed by atoms with van der Waals surface area (Å²) in [5.41, 5.74) is 0.667. The molecule has 1 aliphatic rings. The first kappa shape index (κ1) is 24.9. The fraction of sp³-hybridized carbons (Fsp3) is 0.480. The Morgan fingerprint density at radius 3 is 2.73 bits per heavy atom. The standard InChI is InChI=1S/C25H31N7O5/c1-14-5-6-16-17(9-14)28-19(27-16)7-8-20(34)31-11-15(33)10-25(2,37)18(12-31)32-13-26-22-21(32)23(35)30(4)24(36)29(22)3/h5-6,9,13,15,18,33,37H,7-8,10-12H2,1-4H3,(H,27,28)/t15-,18+,25+/m1/s1. The number of nitrogens with zero attached hydrogens (tertiary/aromatic N) is 6. The van der Waals surface area contributed by atoms with Crippen LogP contribution >= 0.6 is 0 Å². The van der Waals surface area contributed by atoms with Crippen LogP contribution in [0.4, 0.5) is 0 Å². The number of amides is 1. The molecule has 37 heavy (non-hydrogen) atoms. The Morgan fingerprint density at radius 1 is 1.22 bits per heavy atom. The quantitative estimate of drug-likeness (QED) is 0.354. The Bertz CT molecular complexity index is 1630. The minimum absolute atomic E-state index is 0.00385. The van der Waals surface area contributed by atoms with E-state index in [1.165, 1.54) is 34.5 Å². The lowest BCUT2D eigenvalue weighted by atomic mass is 9.91. The predicted molar refractivity (Wildman–Crippen MR) is 136 cm³/mol. The van der Waals surface area contributed by atoms with E-state index in [1.54, 1.807) is 6.92 Å². The van der Waals surface area contributed by atoms with E-state index < -0.39 is 29.0 Å². The molecule has 196 valence electrons. The number of aliphatic hydroxyl groups is 2. The summed E-state index contributed by atoms with van der Waals surface area (Å²) < 4.78 is 3.78. The zero-order valence-electron chi connectivity index (χ0n) is 21.3. The van der Waals surface area contributed by atoms with Crippen LogP contribution in [-0.4, -0.2) is 74.5 Å². The summed E-state index contributed by atoms with van der Waals surface area (Å²) in [5.74, 6) is 0.487. The van der Waals surface area contributed by atoms with E-state index in [-0.39, 0.29) is 43.0 Å². The molecule has 3 N–H and O–H groups in total. The van der Waals surface area contributed by atoms with Gasteiger partial charge in [0.1, 0.15) is 5.82 Å². The van der Waals surface area contributed by atoms with Gasteiger partial charge < -0.3 is 24.7 Å². The van der Waals surface area contributed by atoms with Crippen LogP contribution in [0.5, 0.6) is 0 Å². The van der Waals surface area contributed by atoms with E-state index in [0.29, 0.717) is 12.2 Å². The summed E-state index contributed by atoms with van der Waals surface area (Å²) in [7, 11) is 2.90. The van der Waals surface area contributed by atoms with Crippen molar-refractivity contribution in [2.24, 2.45) is 14.1 Å². The smallest absolute Gasteiger partial charge is 0.332 e. The van der Waals surface area contributed by atoms with Gasteiger partial charge in [0.25, 0.3) is 5.56 Å². The number of aromatic amines is 1. The van der Waals surface area contributed by atoms with Crippen LogP contribution in [0.3, 0.4) is 0 Å². The monoisotopic (exact) mass is 509 g/mol. The molecule has 0 unspecified atom stereocenters. The number of aliphatic hydroxyl groups excluding tert-OH is 1. The maximum Gasteiger partial charge on any atom is 0.332 e. The topological polar surface area (TPSA) is 151 Å². The molecule has 1 saturated heterocycles. The van der Waals surface area contributed by atoms with Gasteiger partial charge in [-0.25, -0.2) is 14.8 Å². The molecule has 3 atom stereocenters. The van der Waals surface area contributed by atoms with Crippen LogP contribution < -0.4 is 11.2 Å². The summed E-state index contributed by atoms with van der Waals surface area (Å²) >= 11 is 0. The molecule has 0 saturated carbocycles. The minimum Gasteiger partial charge on any atom is -0.391 e. The third-order valence-corrected chi connectivity index (χ3v) is 7.32. The average Bonchev–Trinajstić information content (AvgIpc) is 3.42. The number of hydrogen-bond donors (Lipinski definition) is 3. The molecule has 12 nitrogen and oxygen atoms in total. The molecule has 1 aliphatic heterocycles. The van der Waals surface area contributed by atoms with Gasteiger partial charge in [0.2, 0.25) is 5.91 Å². The summed E-state index contributed by atoms with van der Waals surface area (Å²) in [6.45, 7) is 3.68. The molecule has 5 rings (SSSR count). The lowest BCUT2D eigenvalue weighted by molar-refractivity contribution is -0.132. The number of hydrogen-bond acceptors (Lipinski definition) is 7. The zero-order chi connectivity index (χ0) is 26.6. The maximum atomic E-state index is 13.3. The van der Waals surface area contributed by atoms with Crippen LogP contribution in [0.25, 0.3) is 22.2 Å². The normalized spacial score (nSPS) is 22.6. The van der Waals surface area contributed by atoms with E-state index >= 15 is 0 Å². The van der Waals surface area contributed by atoms with E-state index in [4.69, 9.17) is 0 Å². The summed E-state index contributed by atoms with van der Waals surface area (Å²) in [6, 6.07) is 5.13. The van der Waals surface area contributed by atoms with Crippen LogP contribution in [0.1, 0.15) is 37.2 Å². The molecule has 0 aliphatic carbocycles. The number of fused-ring (bicyclic) bond motifs is 2. The van der Waals surface area contributed by atoms with Crippen LogP contribution in [0.2, 0.25) is 0 Å². The minimum atomic E-state index is -1.46. The summed E-state index contributed by atoms with van der Waals surface area (Å²) in [5, 5.41) is 22.0. The molecule has 1 aromatic carbocycles. The molecule has 1 fully saturated rings. The number of imidazole rings is 2. The lowest BCUT2D eigenvalue weighted by Crippen LogP contribution is -2.44. The van der Waals surface area contributed by atoms with Crippen molar-refractivity contribution in [3.05, 3.63) is 56.8 Å². The van der Waals surface area contributed by atoms with E-state index in [0.717, 1.165) is 21.2 Å². The number of carbonyl (C=O) groups excluding carboxylic acids is 1. The molecular formula is C25H31N7O5. The van der Waals surface area contributed by atoms with E-state index in [1.807, 2.05) is 25.1 Å². The van der Waals surface area contributed by atoms with Crippen molar-refractivity contribution in [3.8, 4) is 0 Å². The highest BCUT2D eigenvalue weighted by atomic mass is 16.3. The number of likely N-dealkylation sites (tertiary alicyclic amines) is 1. The van der Waals surface area contributed by atoms with E-state index in [9.17, 15) is 24.6 Å². The number of aryl methyl sites for hydroxylation is 3. The van der Waals surface area contributed by atoms with E-state index in [2.05, 4.69) is 15.0 Å². The van der Waals surface area contributed by atoms with Gasteiger partial charge in [-0.1, -0.05) is 6.07 Å². The van der Waals surface area contributed by atoms with Crippen LogP contribution in [-0.2, 0) is 25.3 Å². The highest BCUT2D eigenvalue weighted by molar-refractivity contribution is 5.78. The van der Waals surface area contributed by atoms with Crippen molar-refractivity contribution in [1.29, 1.82) is 0 Å². The third-order valence-electron chi connectivity index (χ3n) is 7.32. The third kappa shape index (κ3) is 4.36. The van der Waals surface area contributed by atoms with Gasteiger partial charge in [0, 0.05) is 46.4 Å². The van der Waals surface area contributed by atoms with Crippen molar-refractivity contribution < 1.29 is 15.0 Å². The maximum absolute atomic E-state index is 13.3. The molecule has 0 spiro atoms. The molecule has 4 heterocycles. The molecule has 1 amide bonds. The van der Waals surface area contributed by atoms with Crippen molar-refractivity contribution in [2.45, 2.75) is 50.9 Å². The van der Waals surface area contributed by atoms with Gasteiger partial charge in [-0.15, -0.1) is 0 Å². The van der Waals surface area contributed by atoms with Crippen molar-refractivity contribution >= 4 is 28.1 Å². The number of rotatable bonds is 4. The first-order valence-corrected chi connectivity index (χ1v) is 12.2. The number of carbonyl (C=O) groups is 1. The Balaban J connectivity index is 1.44. The van der Waals surface area contributed by atoms with Crippen molar-refractivity contribution in [2.75, 3.05) is 13.1 Å². The number of aromatic nitrogens is 6. The second-order valence-corrected chi connectivity index (χ2v) is 10.3. The highest BCUT2D eigenvalue weighted by Gasteiger charge is 2.42. The Labute approximate surface area is 211 Å². The molecule has 0 radical (unpaired) electrons. The first-order valence-electron chi connectivity index (χ1n) is 12.2. The zero-order valence-corrected chi connectivity index (χ0v) is 21.3. The molecule has 4 aromatic rings. The lowest BCUT2D eigenvalue weighted by Gasteiger charge is -2.34. The van der Waals surface area contributed by atoms with Gasteiger partial charge in [0.15, 0.2) is 11.2 Å². The van der Waals surface area contributed by atoms with Crippen molar-refractivity contribution in [1.82, 2.24) is 33.6 Å². The molecule has 12 heteroatoms. The van der Waals surface area contributed by atoms with Crippen LogP contribution in [0, 0.1) is 6.92 Å². The predicted octanol–water partition coefficient (Wildman–Crippen LogP) is 0.137. The Morgan fingerprint density at radius 2 is 1.97 bits per heavy atom. The van der Waals surface area contributed by atoms with Crippen LogP contribution in [0.15, 0.2) is 34.1 Å². The number of β-amino-alcohol motifs (C(OH)–C–C–N with tert-alkyl or cyclic N) is 1. The highest BCUT2D eigenvalue weighted by Crippen LogP contribution is 2.33. The van der Waals surface area contributed by atoms with Gasteiger partial charge in [-0.2, -0.15) is 0 Å². The van der Waals surface area contributed by atoms with Crippen molar-refractivity contribution in [3.63, 3.8) is 0 Å². The number of benzene rings is 1. The largest absolute Gasteiger partial charge is 0.391 e. The molecule has 3 aromatic heterocycles. The first-order chi connectivity index (χ1) is 17.5. The summed E-state index contributed by atoms with van der Waals surface area (Å²) in [4.78, 5) is 52.3. The molecule has 0 bridgehead atoms. The second kappa shape index (κ2) is 8.96. The number of nitrogens with one attached hydrogen (secondary N) is 1. The van der Waals surface area contributed by atoms with Gasteiger partial charge in [-0.05, 0) is 31.5 Å². The fourth-order valence-electron chi connectivity index (χ4n) is 5.28. The van der Waals surface area contributed by atoms with Gasteiger partial charge in [0.05, 0.1) is 35.1 Å². The number of H-pyrrole nitrogens is 1. The SMILES string of the molecule is Cc1ccc2nc(CCC(=O)N3C[C@H](O)C[C@](C)(O)[C@@H](n4cnc5c4c(=O)n(C)c(=O)n5C)C3)[nH]c2c1.